The van der Waals surface area contributed by atoms with Crippen molar-refractivity contribution in [1.82, 2.24) is 0 Å². The van der Waals surface area contributed by atoms with E-state index >= 15 is 0 Å². The molecule has 0 saturated heterocycles. The SMILES string of the molecule is C[Si](C)(C)c1ccc(/C=C/c2ccc([Si](C)(C)C)s2)s1. The van der Waals surface area contributed by atoms with Crippen molar-refractivity contribution in [2.75, 3.05) is 0 Å². The fourth-order valence-corrected chi connectivity index (χ4v) is 7.50. The average Bonchev–Trinajstić information content (AvgIpc) is 2.94. The topological polar surface area (TPSA) is 0 Å². The van der Waals surface area contributed by atoms with E-state index in [-0.39, 0.29) is 0 Å². The zero-order valence-electron chi connectivity index (χ0n) is 13.3. The van der Waals surface area contributed by atoms with E-state index in [4.69, 9.17) is 0 Å². The maximum Gasteiger partial charge on any atom is 0.0904 e. The van der Waals surface area contributed by atoms with Crippen LogP contribution in [0.15, 0.2) is 24.3 Å². The molecule has 0 unspecified atom stereocenters. The van der Waals surface area contributed by atoms with Gasteiger partial charge in [0, 0.05) is 9.75 Å². The zero-order valence-corrected chi connectivity index (χ0v) is 16.9. The van der Waals surface area contributed by atoms with Gasteiger partial charge in [0.05, 0.1) is 16.1 Å². The van der Waals surface area contributed by atoms with E-state index in [0.717, 1.165) is 0 Å². The molecule has 0 amide bonds. The van der Waals surface area contributed by atoms with Gasteiger partial charge in [-0.2, -0.15) is 0 Å². The van der Waals surface area contributed by atoms with Crippen LogP contribution in [-0.2, 0) is 0 Å². The molecule has 0 N–H and O–H groups in total. The molecule has 2 aromatic rings. The summed E-state index contributed by atoms with van der Waals surface area (Å²) in [5, 5.41) is 0. The number of rotatable bonds is 4. The van der Waals surface area contributed by atoms with Crippen LogP contribution in [0.25, 0.3) is 12.2 Å². The molecule has 0 aromatic carbocycles. The van der Waals surface area contributed by atoms with Gasteiger partial charge in [-0.25, -0.2) is 0 Å². The van der Waals surface area contributed by atoms with Crippen molar-refractivity contribution in [3.05, 3.63) is 34.0 Å². The Hall–Kier alpha value is -0.426. The van der Waals surface area contributed by atoms with Crippen LogP contribution in [0.4, 0.5) is 0 Å². The summed E-state index contributed by atoms with van der Waals surface area (Å²) in [6.07, 6.45) is 4.54. The molecule has 2 aromatic heterocycles. The zero-order chi connectivity index (χ0) is 15.0. The van der Waals surface area contributed by atoms with Gasteiger partial charge in [-0.3, -0.25) is 0 Å². The van der Waals surface area contributed by atoms with Gasteiger partial charge in [-0.05, 0) is 33.3 Å². The van der Waals surface area contributed by atoms with Gasteiger partial charge in [0.1, 0.15) is 0 Å². The van der Waals surface area contributed by atoms with Crippen LogP contribution >= 0.6 is 22.7 Å². The van der Waals surface area contributed by atoms with Crippen LogP contribution in [-0.4, -0.2) is 16.1 Å². The van der Waals surface area contributed by atoms with Crippen molar-refractivity contribution in [2.24, 2.45) is 0 Å². The largest absolute Gasteiger partial charge is 0.146 e. The highest BCUT2D eigenvalue weighted by molar-refractivity contribution is 7.27. The van der Waals surface area contributed by atoms with E-state index < -0.39 is 16.1 Å². The first-order valence-corrected chi connectivity index (χ1v) is 15.7. The molecule has 2 heterocycles. The Kier molecular flexibility index (Phi) is 4.59. The van der Waals surface area contributed by atoms with Crippen molar-refractivity contribution in [3.63, 3.8) is 0 Å². The van der Waals surface area contributed by atoms with E-state index in [0.29, 0.717) is 0 Å². The smallest absolute Gasteiger partial charge is 0.0904 e. The Morgan fingerprint density at radius 2 is 1.00 bits per heavy atom. The number of thiophene rings is 2. The Bertz CT molecular complexity index is 553. The predicted molar refractivity (Wildman–Crippen MR) is 104 cm³/mol. The third kappa shape index (κ3) is 4.04. The maximum absolute atomic E-state index is 2.41. The third-order valence-electron chi connectivity index (χ3n) is 3.14. The lowest BCUT2D eigenvalue weighted by atomic mass is 10.4. The molecule has 0 fully saturated rings. The summed E-state index contributed by atoms with van der Waals surface area (Å²) in [4.78, 5) is 2.76. The lowest BCUT2D eigenvalue weighted by molar-refractivity contribution is 1.78. The normalized spacial score (nSPS) is 13.3. The summed E-state index contributed by atoms with van der Waals surface area (Å²) >= 11 is 3.92. The summed E-state index contributed by atoms with van der Waals surface area (Å²) in [6.45, 7) is 14.5. The van der Waals surface area contributed by atoms with Gasteiger partial charge < -0.3 is 0 Å². The number of hydrogen-bond acceptors (Lipinski definition) is 2. The van der Waals surface area contributed by atoms with Crippen LogP contribution in [0.1, 0.15) is 9.75 Å². The molecule has 0 nitrogen and oxygen atoms in total. The minimum atomic E-state index is -1.15. The van der Waals surface area contributed by atoms with E-state index in [1.165, 1.54) is 9.75 Å². The molecular weight excluding hydrogens is 312 g/mol. The molecule has 0 spiro atoms. The van der Waals surface area contributed by atoms with Crippen LogP contribution in [0.2, 0.25) is 39.3 Å². The standard InChI is InChI=1S/C16H24S2Si2/c1-19(2,3)15-11-9-13(17-15)7-8-14-10-12-16(18-14)20(4,5)6/h7-12H,1-6H3/b8-7+. The van der Waals surface area contributed by atoms with Crippen molar-refractivity contribution in [1.29, 1.82) is 0 Å². The first-order valence-electron chi connectivity index (χ1n) is 7.05. The second kappa shape index (κ2) is 5.75. The summed E-state index contributed by atoms with van der Waals surface area (Å²) in [6, 6.07) is 9.17. The van der Waals surface area contributed by atoms with Gasteiger partial charge >= 0.3 is 0 Å². The molecule has 2 rings (SSSR count). The van der Waals surface area contributed by atoms with Crippen LogP contribution in [0, 0.1) is 0 Å². The van der Waals surface area contributed by atoms with Gasteiger partial charge in [0.25, 0.3) is 0 Å². The summed E-state index contributed by atoms with van der Waals surface area (Å²) in [5.41, 5.74) is 0. The second-order valence-corrected chi connectivity index (χ2v) is 20.3. The lowest BCUT2D eigenvalue weighted by Crippen LogP contribution is -2.34. The van der Waals surface area contributed by atoms with Gasteiger partial charge in [0.15, 0.2) is 0 Å². The molecular formula is C16H24S2Si2. The molecule has 4 heteroatoms. The third-order valence-corrected chi connectivity index (χ3v) is 12.4. The van der Waals surface area contributed by atoms with E-state index in [1.54, 1.807) is 9.00 Å². The van der Waals surface area contributed by atoms with E-state index in [2.05, 4.69) is 75.7 Å². The quantitative estimate of drug-likeness (QED) is 0.684. The summed E-state index contributed by atoms with van der Waals surface area (Å²) in [5.74, 6) is 0. The highest BCUT2D eigenvalue weighted by Gasteiger charge is 2.19. The van der Waals surface area contributed by atoms with Crippen LogP contribution in [0.3, 0.4) is 0 Å². The van der Waals surface area contributed by atoms with E-state index in [9.17, 15) is 0 Å². The Labute approximate surface area is 133 Å². The predicted octanol–water partition coefficient (Wildman–Crippen LogP) is 5.07. The van der Waals surface area contributed by atoms with Crippen molar-refractivity contribution in [3.8, 4) is 0 Å². The van der Waals surface area contributed by atoms with Gasteiger partial charge in [0.2, 0.25) is 0 Å². The fraction of sp³-hybridized carbons (Fsp3) is 0.375. The lowest BCUT2D eigenvalue weighted by Gasteiger charge is -2.12. The molecule has 0 aliphatic heterocycles. The Morgan fingerprint density at radius 1 is 0.650 bits per heavy atom. The molecule has 0 aliphatic carbocycles. The fourth-order valence-electron chi connectivity index (χ4n) is 1.86. The molecule has 0 aliphatic rings. The maximum atomic E-state index is 2.41. The molecule has 0 saturated carbocycles. The Balaban J connectivity index is 2.14. The van der Waals surface area contributed by atoms with Crippen molar-refractivity contribution < 1.29 is 0 Å². The second-order valence-electron chi connectivity index (χ2n) is 7.24. The van der Waals surface area contributed by atoms with Gasteiger partial charge in [-0.1, -0.05) is 51.4 Å². The first kappa shape index (κ1) is 16.0. The van der Waals surface area contributed by atoms with Crippen LogP contribution < -0.4 is 9.00 Å². The first-order chi connectivity index (χ1) is 9.16. The average molecular weight is 337 g/mol. The Morgan fingerprint density at radius 3 is 1.25 bits per heavy atom. The van der Waals surface area contributed by atoms with Crippen molar-refractivity contribution >= 4 is 60.0 Å². The minimum Gasteiger partial charge on any atom is -0.146 e. The highest BCUT2D eigenvalue weighted by atomic mass is 32.1. The van der Waals surface area contributed by atoms with Crippen molar-refractivity contribution in [2.45, 2.75) is 39.3 Å². The van der Waals surface area contributed by atoms with Gasteiger partial charge in [-0.15, -0.1) is 22.7 Å². The molecule has 0 radical (unpaired) electrons. The van der Waals surface area contributed by atoms with E-state index in [1.807, 2.05) is 22.7 Å². The molecule has 0 bridgehead atoms. The molecule has 20 heavy (non-hydrogen) atoms. The molecule has 0 atom stereocenters. The minimum absolute atomic E-state index is 1.15. The number of hydrogen-bond donors (Lipinski definition) is 0. The summed E-state index contributed by atoms with van der Waals surface area (Å²) < 4.78 is 3.18. The monoisotopic (exact) mass is 336 g/mol. The molecule has 108 valence electrons. The summed E-state index contributed by atoms with van der Waals surface area (Å²) in [7, 11) is -2.30. The van der Waals surface area contributed by atoms with Crippen LogP contribution in [0.5, 0.6) is 0 Å². The highest BCUT2D eigenvalue weighted by Crippen LogP contribution is 2.19.